The van der Waals surface area contributed by atoms with Gasteiger partial charge in [0.2, 0.25) is 0 Å². The number of hydrogen-bond acceptors (Lipinski definition) is 0. The topological polar surface area (TPSA) is 0 Å². The minimum atomic E-state index is -1.34. The third-order valence-corrected chi connectivity index (χ3v) is 84.4. The summed E-state index contributed by atoms with van der Waals surface area (Å²) in [6, 6.07) is 0. The van der Waals surface area contributed by atoms with Gasteiger partial charge < -0.3 is 0 Å². The van der Waals surface area contributed by atoms with Gasteiger partial charge in [0.15, 0.2) is 2.14 Å². The molecule has 1 radical (unpaired) electrons. The summed E-state index contributed by atoms with van der Waals surface area (Å²) in [6.45, 7) is 0. The molecule has 0 unspecified atom stereocenters. The number of halogens is 37. The van der Waals surface area contributed by atoms with Crippen molar-refractivity contribution in [2.45, 2.75) is 53.9 Å². The SMILES string of the molecule is Br[C](Br)C(Br)(Br)C(Br)(Br)C(Br)(Br)C(Br)(Br)C(Br)(Br)C(Br)(Br)C(Br)(Br)C(Br)(Br)C(Br)(Br)C(Br)(Br)C(Br)(Br)C(Br)(Br)C(Br)(Br)C(Br)(Br)C(Br)(Br)C(Br)(Br)C(Br)(Br)Br. The molecule has 0 aromatic rings. The van der Waals surface area contributed by atoms with Gasteiger partial charge in [-0.2, -0.15) is 0 Å². The molecule has 0 aromatic carbocycles. The Kier molecular flexibility index (Phi) is 31.5. The zero-order chi connectivity index (χ0) is 46.1. The highest BCUT2D eigenvalue weighted by atomic mass is 80.0. The average molecular weight is 3170 g/mol. The van der Waals surface area contributed by atoms with E-state index in [2.05, 4.69) is 589 Å². The van der Waals surface area contributed by atoms with Gasteiger partial charge in [0, 0.05) is 0 Å². The van der Waals surface area contributed by atoms with Crippen LogP contribution in [0.4, 0.5) is 0 Å². The number of alkyl halides is 35. The molecule has 0 bridgehead atoms. The first kappa shape index (κ1) is 72.8. The largest absolute Gasteiger partial charge is 0.162 e. The van der Waals surface area contributed by atoms with Crippen LogP contribution in [0.5, 0.6) is 0 Å². The molecule has 37 heteroatoms. The van der Waals surface area contributed by atoms with Crippen LogP contribution in [0.1, 0.15) is 0 Å². The molecule has 0 heterocycles. The van der Waals surface area contributed by atoms with Crippen LogP contribution in [0.2, 0.25) is 0 Å². The van der Waals surface area contributed by atoms with Crippen LogP contribution in [0, 0.1) is 3.74 Å². The summed E-state index contributed by atoms with van der Waals surface area (Å²) in [5.74, 6) is 0. The van der Waals surface area contributed by atoms with E-state index in [1.54, 1.807) is 0 Å². The lowest BCUT2D eigenvalue weighted by atomic mass is 10.0. The fraction of sp³-hybridized carbons (Fsp3) is 0.944. The molecule has 331 valence electrons. The fourth-order valence-electron chi connectivity index (χ4n) is 3.06. The second-order valence-electron chi connectivity index (χ2n) is 9.95. The first-order chi connectivity index (χ1) is 22.9. The first-order valence-electron chi connectivity index (χ1n) is 11.2. The third-order valence-electron chi connectivity index (χ3n) is 6.51. The van der Waals surface area contributed by atoms with Gasteiger partial charge >= 0.3 is 0 Å². The van der Waals surface area contributed by atoms with Gasteiger partial charge in [-0.25, -0.2) is 0 Å². The van der Waals surface area contributed by atoms with E-state index in [1.165, 1.54) is 0 Å². The van der Waals surface area contributed by atoms with Crippen molar-refractivity contribution >= 4 is 589 Å². The standard InChI is InChI=1S/C18Br37/c19-1(20)2(21,22)3(23,24)4(25,26)5(27,28)6(29,30)7(31,32)8(33,34)9(35,36)10(37,38)11(39,40)12(41,42)13(43,44)14(45,46)15(47,48)16(49,50)17(51,52)18(53,54)55. The monoisotopic (exact) mass is 3140 g/mol. The van der Waals surface area contributed by atoms with Crippen molar-refractivity contribution in [3.63, 3.8) is 0 Å². The Balaban J connectivity index is 7.82. The van der Waals surface area contributed by atoms with E-state index in [1.807, 2.05) is 0 Å². The van der Waals surface area contributed by atoms with Crippen LogP contribution in [-0.2, 0) is 0 Å². The zero-order valence-electron chi connectivity index (χ0n) is 23.0. The Bertz CT molecular complexity index is 1380. The minimum absolute atomic E-state index is 0.624. The Hall–Kier alpha value is 17.8. The Morgan fingerprint density at radius 3 is 0.382 bits per heavy atom. The zero-order valence-corrected chi connectivity index (χ0v) is 81.7. The van der Waals surface area contributed by atoms with E-state index in [0.717, 1.165) is 0 Å². The molecule has 0 aliphatic rings. The maximum atomic E-state index is 4.03. The van der Waals surface area contributed by atoms with Crippen LogP contribution in [-0.4, -0.2) is 53.9 Å². The highest BCUT2D eigenvalue weighted by molar-refractivity contribution is 9.43. The van der Waals surface area contributed by atoms with Crippen molar-refractivity contribution < 1.29 is 0 Å². The summed E-state index contributed by atoms with van der Waals surface area (Å²) in [4.78, 5) is 0. The molecule has 0 aliphatic heterocycles. The van der Waals surface area contributed by atoms with Gasteiger partial charge in [0.05, 0.1) is 0 Å². The molecule has 0 atom stereocenters. The van der Waals surface area contributed by atoms with Crippen LogP contribution in [0.15, 0.2) is 0 Å². The average Bonchev–Trinajstić information content (AvgIpc) is 2.94. The second kappa shape index (κ2) is 23.8. The maximum Gasteiger partial charge on any atom is 0.162 e. The number of rotatable bonds is 16. The van der Waals surface area contributed by atoms with E-state index in [0.29, 0.717) is 3.74 Å². The van der Waals surface area contributed by atoms with Crippen LogP contribution >= 0.6 is 589 Å². The number of hydrogen-bond donors (Lipinski definition) is 0. The minimum Gasteiger partial charge on any atom is -0.0675 e. The van der Waals surface area contributed by atoms with Gasteiger partial charge in [0.25, 0.3) is 0 Å². The summed E-state index contributed by atoms with van der Waals surface area (Å²) < 4.78 is -19.9. The summed E-state index contributed by atoms with van der Waals surface area (Å²) in [5.41, 5.74) is 0. The molecule has 0 N–H and O–H groups in total. The van der Waals surface area contributed by atoms with Crippen molar-refractivity contribution in [3.05, 3.63) is 3.74 Å². The summed E-state index contributed by atoms with van der Waals surface area (Å²) >= 11 is 145. The van der Waals surface area contributed by atoms with Crippen molar-refractivity contribution in [2.75, 3.05) is 0 Å². The Labute approximate surface area is 630 Å². The third kappa shape index (κ3) is 12.4. The summed E-state index contributed by atoms with van der Waals surface area (Å²) in [5, 5.41) is 0. The second-order valence-corrected chi connectivity index (χ2v) is 74.4. The molecule has 0 aliphatic carbocycles. The van der Waals surface area contributed by atoms with Crippen molar-refractivity contribution in [2.24, 2.45) is 0 Å². The van der Waals surface area contributed by atoms with Gasteiger partial charge in [-0.1, -0.05) is 589 Å². The molecular formula is C18Br37. The highest BCUT2D eigenvalue weighted by Gasteiger charge is 2.84. The van der Waals surface area contributed by atoms with E-state index in [9.17, 15) is 0 Å². The molecule has 0 fully saturated rings. The van der Waals surface area contributed by atoms with Crippen LogP contribution < -0.4 is 0 Å². The Morgan fingerprint density at radius 2 is 0.273 bits per heavy atom. The van der Waals surface area contributed by atoms with Crippen LogP contribution in [0.3, 0.4) is 0 Å². The molecule has 55 heavy (non-hydrogen) atoms. The normalized spacial score (nSPS) is 17.3. The predicted molar refractivity (Wildman–Crippen MR) is 380 cm³/mol. The molecule has 0 saturated carbocycles. The lowest BCUT2D eigenvalue weighted by Gasteiger charge is -2.62. The van der Waals surface area contributed by atoms with E-state index in [4.69, 9.17) is 0 Å². The molecule has 0 saturated heterocycles. The van der Waals surface area contributed by atoms with Crippen LogP contribution in [0.25, 0.3) is 0 Å². The van der Waals surface area contributed by atoms with Gasteiger partial charge in [-0.05, 0) is 0 Å². The molecule has 0 aromatic heterocycles. The predicted octanol–water partition coefficient (Wildman–Crippen LogP) is 27.9. The molecular weight excluding hydrogens is 3170 g/mol. The van der Waals surface area contributed by atoms with E-state index >= 15 is 0 Å². The smallest absolute Gasteiger partial charge is 0.0675 e. The molecule has 0 nitrogen and oxygen atoms in total. The Morgan fingerprint density at radius 1 is 0.164 bits per heavy atom. The quantitative estimate of drug-likeness (QED) is 0.135. The summed E-state index contributed by atoms with van der Waals surface area (Å²) in [6.07, 6.45) is 0. The van der Waals surface area contributed by atoms with Crippen molar-refractivity contribution in [1.29, 1.82) is 0 Å². The van der Waals surface area contributed by atoms with E-state index in [-0.39, 0.29) is 0 Å². The van der Waals surface area contributed by atoms with Crippen molar-refractivity contribution in [1.82, 2.24) is 0 Å². The first-order valence-corrected chi connectivity index (χ1v) is 40.6. The van der Waals surface area contributed by atoms with Crippen molar-refractivity contribution in [3.8, 4) is 0 Å². The van der Waals surface area contributed by atoms with Gasteiger partial charge in [0.1, 0.15) is 55.5 Å². The lowest BCUT2D eigenvalue weighted by Crippen LogP contribution is -2.73. The molecule has 0 amide bonds. The lowest BCUT2D eigenvalue weighted by molar-refractivity contribution is 0.522. The molecule has 0 spiro atoms. The van der Waals surface area contributed by atoms with Gasteiger partial charge in [-0.3, -0.25) is 0 Å². The highest BCUT2D eigenvalue weighted by Crippen LogP contribution is 2.84. The van der Waals surface area contributed by atoms with E-state index < -0.39 is 53.9 Å². The molecule has 0 rings (SSSR count). The maximum absolute atomic E-state index is 4.03. The van der Waals surface area contributed by atoms with Gasteiger partial charge in [-0.15, -0.1) is 0 Å². The summed E-state index contributed by atoms with van der Waals surface area (Å²) in [7, 11) is 0. The fourth-order valence-corrected chi connectivity index (χ4v) is 39.7.